The van der Waals surface area contributed by atoms with Crippen molar-refractivity contribution in [2.75, 3.05) is 12.4 Å². The maximum atomic E-state index is 12.3. The molecule has 3 nitrogen and oxygen atoms in total. The van der Waals surface area contributed by atoms with E-state index in [-0.39, 0.29) is 28.1 Å². The second-order valence-electron chi connectivity index (χ2n) is 4.86. The summed E-state index contributed by atoms with van der Waals surface area (Å²) in [7, 11) is 1.61. The Morgan fingerprint density at radius 3 is 2.52 bits per heavy atom. The molecule has 23 heavy (non-hydrogen) atoms. The van der Waals surface area contributed by atoms with Crippen molar-refractivity contribution in [3.63, 3.8) is 0 Å². The fourth-order valence-electron chi connectivity index (χ4n) is 2.39. The van der Waals surface area contributed by atoms with Crippen molar-refractivity contribution in [3.8, 4) is 17.0 Å². The Morgan fingerprint density at radius 2 is 1.87 bits per heavy atom. The Bertz CT molecular complexity index is 835. The monoisotopic (exact) mass is 435 g/mol. The SMILES string of the molecule is Br.COc1ccc2nc(-c3ccccc3)cc(C(=O)CBr)c2c1. The molecule has 0 bridgehead atoms. The van der Waals surface area contributed by atoms with Crippen molar-refractivity contribution in [1.82, 2.24) is 4.98 Å². The van der Waals surface area contributed by atoms with Crippen LogP contribution < -0.4 is 4.74 Å². The molecule has 0 fully saturated rings. The summed E-state index contributed by atoms with van der Waals surface area (Å²) in [6.07, 6.45) is 0. The number of methoxy groups -OCH3 is 1. The number of aromatic nitrogens is 1. The van der Waals surface area contributed by atoms with E-state index in [1.807, 2.05) is 54.6 Å². The first-order chi connectivity index (χ1) is 10.7. The van der Waals surface area contributed by atoms with Crippen LogP contribution in [-0.2, 0) is 0 Å². The number of hydrogen-bond acceptors (Lipinski definition) is 3. The van der Waals surface area contributed by atoms with Gasteiger partial charge in [-0.2, -0.15) is 0 Å². The molecule has 0 spiro atoms. The highest BCUT2D eigenvalue weighted by atomic mass is 79.9. The van der Waals surface area contributed by atoms with Gasteiger partial charge in [0, 0.05) is 16.5 Å². The first-order valence-electron chi connectivity index (χ1n) is 6.86. The van der Waals surface area contributed by atoms with Crippen molar-refractivity contribution < 1.29 is 9.53 Å². The minimum Gasteiger partial charge on any atom is -0.497 e. The molecule has 0 saturated heterocycles. The van der Waals surface area contributed by atoms with E-state index in [0.29, 0.717) is 11.3 Å². The number of rotatable bonds is 4. The Morgan fingerprint density at radius 1 is 1.13 bits per heavy atom. The molecule has 118 valence electrons. The van der Waals surface area contributed by atoms with Gasteiger partial charge in [-0.1, -0.05) is 46.3 Å². The number of benzene rings is 2. The topological polar surface area (TPSA) is 39.2 Å². The van der Waals surface area contributed by atoms with E-state index in [2.05, 4.69) is 20.9 Å². The highest BCUT2D eigenvalue weighted by Gasteiger charge is 2.13. The van der Waals surface area contributed by atoms with Gasteiger partial charge in [-0.05, 0) is 24.3 Å². The molecule has 0 amide bonds. The fourth-order valence-corrected chi connectivity index (χ4v) is 2.69. The number of pyridine rings is 1. The Hall–Kier alpha value is -1.72. The minimum absolute atomic E-state index is 0. The standard InChI is InChI=1S/C18H14BrNO2.BrH/c1-22-13-7-8-16-14(9-13)15(18(21)11-19)10-17(20-16)12-5-3-2-4-6-12;/h2-10H,11H2,1H3;1H. The Kier molecular flexibility index (Phi) is 5.91. The van der Waals surface area contributed by atoms with E-state index in [9.17, 15) is 4.79 Å². The summed E-state index contributed by atoms with van der Waals surface area (Å²) >= 11 is 3.25. The molecule has 0 atom stereocenters. The summed E-state index contributed by atoms with van der Waals surface area (Å²) in [6, 6.07) is 17.3. The average molecular weight is 437 g/mol. The molecule has 5 heteroatoms. The molecule has 1 aromatic heterocycles. The number of carbonyl (C=O) groups is 1. The largest absolute Gasteiger partial charge is 0.497 e. The molecule has 3 rings (SSSR count). The molecule has 0 aliphatic rings. The quantitative estimate of drug-likeness (QED) is 0.423. The normalized spacial score (nSPS) is 10.2. The molecule has 0 N–H and O–H groups in total. The van der Waals surface area contributed by atoms with Crippen LogP contribution in [0.2, 0.25) is 0 Å². The molecule has 0 radical (unpaired) electrons. The van der Waals surface area contributed by atoms with Gasteiger partial charge in [0.25, 0.3) is 0 Å². The first kappa shape index (κ1) is 17.6. The highest BCUT2D eigenvalue weighted by Crippen LogP contribution is 2.28. The average Bonchev–Trinajstić information content (AvgIpc) is 2.60. The number of ether oxygens (including phenoxy) is 1. The van der Waals surface area contributed by atoms with E-state index in [1.54, 1.807) is 7.11 Å². The minimum atomic E-state index is 0. The zero-order valence-corrected chi connectivity index (χ0v) is 15.8. The highest BCUT2D eigenvalue weighted by molar-refractivity contribution is 9.09. The maximum absolute atomic E-state index is 12.3. The predicted molar refractivity (Wildman–Crippen MR) is 102 cm³/mol. The number of fused-ring (bicyclic) bond motifs is 1. The maximum Gasteiger partial charge on any atom is 0.174 e. The van der Waals surface area contributed by atoms with Crippen LogP contribution in [0.5, 0.6) is 5.75 Å². The van der Waals surface area contributed by atoms with Gasteiger partial charge < -0.3 is 4.74 Å². The van der Waals surface area contributed by atoms with Gasteiger partial charge in [0.1, 0.15) is 5.75 Å². The van der Waals surface area contributed by atoms with Crippen LogP contribution in [0.1, 0.15) is 10.4 Å². The first-order valence-corrected chi connectivity index (χ1v) is 7.98. The number of nitrogens with zero attached hydrogens (tertiary/aromatic N) is 1. The third-order valence-electron chi connectivity index (χ3n) is 3.51. The lowest BCUT2D eigenvalue weighted by Gasteiger charge is -2.10. The lowest BCUT2D eigenvalue weighted by Crippen LogP contribution is -2.03. The van der Waals surface area contributed by atoms with E-state index in [4.69, 9.17) is 4.74 Å². The van der Waals surface area contributed by atoms with E-state index < -0.39 is 0 Å². The number of ketones is 1. The van der Waals surface area contributed by atoms with E-state index in [1.165, 1.54) is 0 Å². The van der Waals surface area contributed by atoms with E-state index >= 15 is 0 Å². The summed E-state index contributed by atoms with van der Waals surface area (Å²) in [6.45, 7) is 0. The zero-order valence-electron chi connectivity index (χ0n) is 12.5. The van der Waals surface area contributed by atoms with Crippen LogP contribution in [0.25, 0.3) is 22.2 Å². The van der Waals surface area contributed by atoms with Gasteiger partial charge in [0.2, 0.25) is 0 Å². The lowest BCUT2D eigenvalue weighted by atomic mass is 10.0. The molecular weight excluding hydrogens is 422 g/mol. The molecular formula is C18H15Br2NO2. The second-order valence-corrected chi connectivity index (χ2v) is 5.42. The summed E-state index contributed by atoms with van der Waals surface area (Å²) in [4.78, 5) is 17.0. The van der Waals surface area contributed by atoms with Gasteiger partial charge in [0.05, 0.1) is 23.7 Å². The van der Waals surface area contributed by atoms with Gasteiger partial charge in [-0.3, -0.25) is 4.79 Å². The second kappa shape index (κ2) is 7.70. The molecule has 3 aromatic rings. The number of carbonyl (C=O) groups excluding carboxylic acids is 1. The third kappa shape index (κ3) is 3.62. The van der Waals surface area contributed by atoms with Crippen LogP contribution >= 0.6 is 32.9 Å². The molecule has 1 heterocycles. The van der Waals surface area contributed by atoms with Crippen molar-refractivity contribution in [2.45, 2.75) is 0 Å². The third-order valence-corrected chi connectivity index (χ3v) is 4.02. The molecule has 0 unspecified atom stereocenters. The van der Waals surface area contributed by atoms with Crippen LogP contribution in [0.3, 0.4) is 0 Å². The van der Waals surface area contributed by atoms with Crippen LogP contribution in [0, 0.1) is 0 Å². The summed E-state index contributed by atoms with van der Waals surface area (Å²) < 4.78 is 5.25. The zero-order chi connectivity index (χ0) is 15.5. The predicted octanol–water partition coefficient (Wildman–Crippen LogP) is 5.07. The van der Waals surface area contributed by atoms with Crippen molar-refractivity contribution in [1.29, 1.82) is 0 Å². The van der Waals surface area contributed by atoms with Crippen molar-refractivity contribution >= 4 is 49.6 Å². The van der Waals surface area contributed by atoms with E-state index in [0.717, 1.165) is 22.2 Å². The molecule has 0 saturated carbocycles. The molecule has 0 aliphatic heterocycles. The van der Waals surface area contributed by atoms with Crippen LogP contribution in [-0.4, -0.2) is 23.2 Å². The van der Waals surface area contributed by atoms with Crippen LogP contribution in [0.4, 0.5) is 0 Å². The number of halogens is 2. The van der Waals surface area contributed by atoms with Gasteiger partial charge in [-0.25, -0.2) is 4.98 Å². The Labute approximate surface area is 153 Å². The molecule has 2 aromatic carbocycles. The number of Topliss-reactive ketones (excluding diaryl/α,β-unsaturated/α-hetero) is 1. The fraction of sp³-hybridized carbons (Fsp3) is 0.111. The van der Waals surface area contributed by atoms with Gasteiger partial charge in [0.15, 0.2) is 5.78 Å². The van der Waals surface area contributed by atoms with Crippen molar-refractivity contribution in [3.05, 3.63) is 60.2 Å². The summed E-state index contributed by atoms with van der Waals surface area (Å²) in [5.74, 6) is 0.739. The Balaban J connectivity index is 0.00000192. The van der Waals surface area contributed by atoms with Gasteiger partial charge >= 0.3 is 0 Å². The smallest absolute Gasteiger partial charge is 0.174 e. The summed E-state index contributed by atoms with van der Waals surface area (Å²) in [5, 5.41) is 1.08. The van der Waals surface area contributed by atoms with Crippen molar-refractivity contribution in [2.24, 2.45) is 0 Å². The number of alkyl halides is 1. The molecule has 0 aliphatic carbocycles. The van der Waals surface area contributed by atoms with Crippen LogP contribution in [0.15, 0.2) is 54.6 Å². The van der Waals surface area contributed by atoms with Gasteiger partial charge in [-0.15, -0.1) is 17.0 Å². The lowest BCUT2D eigenvalue weighted by molar-refractivity contribution is 0.102. The number of hydrogen-bond donors (Lipinski definition) is 0. The summed E-state index contributed by atoms with van der Waals surface area (Å²) in [5.41, 5.74) is 3.22.